The highest BCUT2D eigenvalue weighted by atomic mass is 35.5. The summed E-state index contributed by atoms with van der Waals surface area (Å²) in [6.45, 7) is 5.20. The summed E-state index contributed by atoms with van der Waals surface area (Å²) < 4.78 is 53.9. The van der Waals surface area contributed by atoms with Gasteiger partial charge in [0.15, 0.2) is 5.13 Å². The Kier molecular flexibility index (Phi) is 6.37. The second kappa shape index (κ2) is 8.92. The number of alkyl halides is 3. The van der Waals surface area contributed by atoms with E-state index in [1.807, 2.05) is 0 Å². The molecule has 5 nitrogen and oxygen atoms in total. The molecule has 0 spiro atoms. The fourth-order valence-electron chi connectivity index (χ4n) is 3.74. The molecule has 4 rings (SSSR count). The van der Waals surface area contributed by atoms with Crippen molar-refractivity contribution in [3.63, 3.8) is 0 Å². The highest BCUT2D eigenvalue weighted by molar-refractivity contribution is 7.16. The molecule has 3 heterocycles. The van der Waals surface area contributed by atoms with Crippen molar-refractivity contribution in [1.29, 1.82) is 0 Å². The first-order chi connectivity index (χ1) is 15.1. The summed E-state index contributed by atoms with van der Waals surface area (Å²) in [5.74, 6) is -0.0852. The zero-order valence-electron chi connectivity index (χ0n) is 17.3. The molecule has 0 unspecified atom stereocenters. The molecule has 0 aliphatic carbocycles. The van der Waals surface area contributed by atoms with Crippen LogP contribution in [0.2, 0.25) is 5.15 Å². The van der Waals surface area contributed by atoms with E-state index in [4.69, 9.17) is 11.6 Å². The van der Waals surface area contributed by atoms with Crippen molar-refractivity contribution < 1.29 is 17.6 Å². The van der Waals surface area contributed by atoms with Crippen molar-refractivity contribution in [2.75, 3.05) is 11.9 Å². The second-order valence-electron chi connectivity index (χ2n) is 7.73. The Bertz CT molecular complexity index is 1110. The molecule has 1 aliphatic rings. The van der Waals surface area contributed by atoms with Gasteiger partial charge in [-0.3, -0.25) is 4.90 Å². The lowest BCUT2D eigenvalue weighted by Crippen LogP contribution is -2.25. The van der Waals surface area contributed by atoms with Crippen LogP contribution in [0.1, 0.15) is 36.0 Å². The van der Waals surface area contributed by atoms with Gasteiger partial charge < -0.3 is 5.32 Å². The van der Waals surface area contributed by atoms with E-state index >= 15 is 0 Å². The predicted molar refractivity (Wildman–Crippen MR) is 117 cm³/mol. The number of anilines is 2. The molecule has 3 aromatic rings. The van der Waals surface area contributed by atoms with E-state index in [1.54, 1.807) is 6.92 Å². The number of thiazole rings is 1. The number of nitrogens with zero attached hydrogens (tertiary/aromatic N) is 4. The Hall–Kier alpha value is -2.30. The van der Waals surface area contributed by atoms with Crippen LogP contribution in [-0.4, -0.2) is 32.4 Å². The van der Waals surface area contributed by atoms with Crippen LogP contribution in [0.15, 0.2) is 24.3 Å². The third kappa shape index (κ3) is 5.19. The van der Waals surface area contributed by atoms with Crippen molar-refractivity contribution in [2.45, 2.75) is 45.5 Å². The van der Waals surface area contributed by atoms with Gasteiger partial charge >= 0.3 is 6.18 Å². The maximum absolute atomic E-state index is 14.1. The van der Waals surface area contributed by atoms with Crippen LogP contribution in [0.5, 0.6) is 0 Å². The summed E-state index contributed by atoms with van der Waals surface area (Å²) in [6, 6.07) is 4.38. The molecule has 11 heteroatoms. The lowest BCUT2D eigenvalue weighted by atomic mass is 10.1. The molecule has 1 aliphatic heterocycles. The van der Waals surface area contributed by atoms with Gasteiger partial charge in [0.25, 0.3) is 0 Å². The smallest absolute Gasteiger partial charge is 0.316 e. The molecule has 1 aromatic carbocycles. The van der Waals surface area contributed by atoms with Gasteiger partial charge in [-0.2, -0.15) is 13.2 Å². The number of halogens is 5. The first-order valence-corrected chi connectivity index (χ1v) is 11.2. The summed E-state index contributed by atoms with van der Waals surface area (Å²) in [5.41, 5.74) is -0.646. The molecule has 1 atom stereocenters. The lowest BCUT2D eigenvalue weighted by molar-refractivity contribution is -0.137. The molecular formula is C21H20ClF4N5S. The number of hydrogen-bond donors (Lipinski definition) is 1. The van der Waals surface area contributed by atoms with Gasteiger partial charge in [0.05, 0.1) is 11.3 Å². The Morgan fingerprint density at radius 2 is 1.97 bits per heavy atom. The number of hydrogen-bond acceptors (Lipinski definition) is 6. The summed E-state index contributed by atoms with van der Waals surface area (Å²) in [4.78, 5) is 15.8. The van der Waals surface area contributed by atoms with E-state index in [1.165, 1.54) is 17.4 Å². The molecule has 0 saturated carbocycles. The number of aromatic nitrogens is 3. The van der Waals surface area contributed by atoms with Crippen molar-refractivity contribution >= 4 is 33.9 Å². The van der Waals surface area contributed by atoms with E-state index in [0.717, 1.165) is 36.4 Å². The quantitative estimate of drug-likeness (QED) is 0.332. The Morgan fingerprint density at radius 1 is 1.19 bits per heavy atom. The third-order valence-electron chi connectivity index (χ3n) is 5.27. The molecule has 170 valence electrons. The standard InChI is InChI=1S/C21H20ClF4N5S/c1-11-4-3-5-31(11)10-16-19(13-6-14(21(24,25)26)8-15(23)7-13)30-20(32-16)29-18-9-17(22)27-12(2)28-18/h6-9,11H,3-5,10H2,1-2H3,(H,27,28,29,30)/t11-/m1/s1. The maximum Gasteiger partial charge on any atom is 0.416 e. The van der Waals surface area contributed by atoms with Gasteiger partial charge in [-0.25, -0.2) is 19.3 Å². The van der Waals surface area contributed by atoms with Gasteiger partial charge in [0.2, 0.25) is 0 Å². The molecule has 1 N–H and O–H groups in total. The molecule has 32 heavy (non-hydrogen) atoms. The highest BCUT2D eigenvalue weighted by Crippen LogP contribution is 2.38. The van der Waals surface area contributed by atoms with Gasteiger partial charge in [-0.05, 0) is 51.4 Å². The molecule has 0 bridgehead atoms. The Labute approximate surface area is 191 Å². The zero-order chi connectivity index (χ0) is 23.0. The van der Waals surface area contributed by atoms with E-state index < -0.39 is 17.6 Å². The maximum atomic E-state index is 14.1. The van der Waals surface area contributed by atoms with Crippen LogP contribution in [0.4, 0.5) is 28.5 Å². The summed E-state index contributed by atoms with van der Waals surface area (Å²) in [5, 5.41) is 3.73. The zero-order valence-corrected chi connectivity index (χ0v) is 18.9. The van der Waals surface area contributed by atoms with Crippen LogP contribution in [-0.2, 0) is 12.7 Å². The number of likely N-dealkylation sites (tertiary alicyclic amines) is 1. The predicted octanol–water partition coefficient (Wildman–Crippen LogP) is 6.45. The largest absolute Gasteiger partial charge is 0.416 e. The van der Waals surface area contributed by atoms with Crippen molar-refractivity contribution in [1.82, 2.24) is 19.9 Å². The van der Waals surface area contributed by atoms with Crippen molar-refractivity contribution in [3.05, 3.63) is 51.5 Å². The van der Waals surface area contributed by atoms with Crippen molar-refractivity contribution in [2.24, 2.45) is 0 Å². The first kappa shape index (κ1) is 22.9. The number of benzene rings is 1. The van der Waals surface area contributed by atoms with Gasteiger partial charge in [0, 0.05) is 29.1 Å². The monoisotopic (exact) mass is 485 g/mol. The molecule has 0 amide bonds. The summed E-state index contributed by atoms with van der Waals surface area (Å²) in [7, 11) is 0. The minimum atomic E-state index is -4.66. The van der Waals surface area contributed by atoms with E-state index in [2.05, 4.69) is 32.1 Å². The lowest BCUT2D eigenvalue weighted by Gasteiger charge is -2.20. The first-order valence-electron chi connectivity index (χ1n) is 9.98. The molecule has 2 aromatic heterocycles. The second-order valence-corrected chi connectivity index (χ2v) is 9.20. The third-order valence-corrected chi connectivity index (χ3v) is 6.42. The molecular weight excluding hydrogens is 466 g/mol. The summed E-state index contributed by atoms with van der Waals surface area (Å²) >= 11 is 7.29. The molecule has 0 radical (unpaired) electrons. The average molecular weight is 486 g/mol. The van der Waals surface area contributed by atoms with Crippen molar-refractivity contribution in [3.8, 4) is 11.3 Å². The Balaban J connectivity index is 1.75. The van der Waals surface area contributed by atoms with E-state index in [0.29, 0.717) is 41.1 Å². The Morgan fingerprint density at radius 3 is 2.62 bits per heavy atom. The minimum absolute atomic E-state index is 0.0837. The highest BCUT2D eigenvalue weighted by Gasteiger charge is 2.32. The fraction of sp³-hybridized carbons (Fsp3) is 0.381. The van der Waals surface area contributed by atoms with E-state index in [-0.39, 0.29) is 10.7 Å². The number of nitrogens with one attached hydrogen (secondary N) is 1. The molecule has 1 fully saturated rings. The average Bonchev–Trinajstić information content (AvgIpc) is 3.26. The topological polar surface area (TPSA) is 53.9 Å². The number of aryl methyl sites for hydroxylation is 1. The van der Waals surface area contributed by atoms with E-state index in [9.17, 15) is 17.6 Å². The summed E-state index contributed by atoms with van der Waals surface area (Å²) in [6.07, 6.45) is -2.56. The normalized spacial score (nSPS) is 17.2. The fourth-order valence-corrected chi connectivity index (χ4v) is 4.99. The van der Waals surface area contributed by atoms with Crippen LogP contribution in [0, 0.1) is 12.7 Å². The van der Waals surface area contributed by atoms with Crippen LogP contribution in [0.3, 0.4) is 0 Å². The van der Waals surface area contributed by atoms with Gasteiger partial charge in [0.1, 0.15) is 22.6 Å². The van der Waals surface area contributed by atoms with Gasteiger partial charge in [-0.1, -0.05) is 22.9 Å². The number of rotatable bonds is 5. The van der Waals surface area contributed by atoms with Crippen LogP contribution < -0.4 is 5.32 Å². The van der Waals surface area contributed by atoms with Gasteiger partial charge in [-0.15, -0.1) is 0 Å². The SMILES string of the molecule is Cc1nc(Cl)cc(Nc2nc(-c3cc(F)cc(C(F)(F)F)c3)c(CN3CCC[C@H]3C)s2)n1. The molecule has 1 saturated heterocycles. The minimum Gasteiger partial charge on any atom is -0.316 e. The van der Waals surface area contributed by atoms with Crippen LogP contribution in [0.25, 0.3) is 11.3 Å². The van der Waals surface area contributed by atoms with Crippen LogP contribution >= 0.6 is 22.9 Å².